The number of aromatic nitrogens is 1. The zero-order valence-corrected chi connectivity index (χ0v) is 14.1. The number of anilines is 1. The van der Waals surface area contributed by atoms with E-state index in [1.165, 1.54) is 0 Å². The molecule has 0 bridgehead atoms. The van der Waals surface area contributed by atoms with Crippen LogP contribution in [-0.2, 0) is 4.79 Å². The Kier molecular flexibility index (Phi) is 6.29. The van der Waals surface area contributed by atoms with Crippen LogP contribution in [0.25, 0.3) is 0 Å². The van der Waals surface area contributed by atoms with Gasteiger partial charge in [-0.3, -0.25) is 4.79 Å². The van der Waals surface area contributed by atoms with E-state index in [0.29, 0.717) is 48.5 Å². The number of pyridine rings is 1. The fraction of sp³-hybridized carbons (Fsp3) is 0.600. The first kappa shape index (κ1) is 17.3. The molecule has 2 heterocycles. The zero-order chi connectivity index (χ0) is 16.1. The van der Waals surface area contributed by atoms with Gasteiger partial charge in [-0.1, -0.05) is 43.0 Å². The van der Waals surface area contributed by atoms with E-state index in [-0.39, 0.29) is 5.91 Å². The Morgan fingerprint density at radius 2 is 2.05 bits per heavy atom. The van der Waals surface area contributed by atoms with E-state index in [2.05, 4.69) is 4.98 Å². The number of carbonyl (C=O) groups excluding carboxylic acids is 1. The van der Waals surface area contributed by atoms with Crippen molar-refractivity contribution in [3.05, 3.63) is 22.3 Å². The maximum atomic E-state index is 12.2. The molecule has 0 aliphatic carbocycles. The number of piperazine rings is 1. The van der Waals surface area contributed by atoms with Crippen LogP contribution in [0.3, 0.4) is 0 Å². The summed E-state index contributed by atoms with van der Waals surface area (Å²) in [6.45, 7) is 4.44. The second kappa shape index (κ2) is 7.99. The zero-order valence-electron chi connectivity index (χ0n) is 12.6. The van der Waals surface area contributed by atoms with E-state index in [9.17, 15) is 9.90 Å². The second-order valence-electron chi connectivity index (χ2n) is 5.43. The lowest BCUT2D eigenvalue weighted by Gasteiger charge is -2.36. The van der Waals surface area contributed by atoms with Crippen molar-refractivity contribution in [2.24, 2.45) is 0 Å². The summed E-state index contributed by atoms with van der Waals surface area (Å²) in [4.78, 5) is 20.2. The maximum absolute atomic E-state index is 12.2. The number of carbonyl (C=O) groups is 1. The molecule has 2 rings (SSSR count). The molecule has 0 aromatic carbocycles. The number of hydrogen-bond donors (Lipinski definition) is 1. The summed E-state index contributed by atoms with van der Waals surface area (Å²) in [5.74, 6) is 0.507. The number of nitrogens with zero attached hydrogens (tertiary/aromatic N) is 3. The third-order valence-corrected chi connectivity index (χ3v) is 4.28. The van der Waals surface area contributed by atoms with Crippen molar-refractivity contribution >= 4 is 34.9 Å². The van der Waals surface area contributed by atoms with Gasteiger partial charge < -0.3 is 14.9 Å². The molecule has 0 radical (unpaired) electrons. The first-order chi connectivity index (χ1) is 10.5. The van der Waals surface area contributed by atoms with E-state index >= 15 is 0 Å². The molecule has 1 fully saturated rings. The van der Waals surface area contributed by atoms with Crippen LogP contribution in [0.15, 0.2) is 12.3 Å². The summed E-state index contributed by atoms with van der Waals surface area (Å²) in [7, 11) is 0. The van der Waals surface area contributed by atoms with Crippen molar-refractivity contribution in [1.29, 1.82) is 0 Å². The van der Waals surface area contributed by atoms with Crippen LogP contribution in [0.1, 0.15) is 26.2 Å². The smallest absolute Gasteiger partial charge is 0.251 e. The highest BCUT2D eigenvalue weighted by Crippen LogP contribution is 2.26. The minimum absolute atomic E-state index is 0.178. The van der Waals surface area contributed by atoms with Crippen molar-refractivity contribution in [2.45, 2.75) is 32.3 Å². The van der Waals surface area contributed by atoms with Gasteiger partial charge in [-0.15, -0.1) is 0 Å². The first-order valence-corrected chi connectivity index (χ1v) is 8.31. The third-order valence-electron chi connectivity index (χ3n) is 3.80. The molecule has 0 unspecified atom stereocenters. The van der Waals surface area contributed by atoms with E-state index in [4.69, 9.17) is 23.2 Å². The van der Waals surface area contributed by atoms with Crippen LogP contribution in [0.4, 0.5) is 5.82 Å². The summed E-state index contributed by atoms with van der Waals surface area (Å²) in [6, 6.07) is 1.66. The van der Waals surface area contributed by atoms with Crippen LogP contribution in [0.5, 0.6) is 0 Å². The molecule has 1 amide bonds. The molecule has 0 saturated carbocycles. The van der Waals surface area contributed by atoms with Crippen molar-refractivity contribution in [3.8, 4) is 0 Å². The SMILES string of the molecule is CCCC[C@H](O)C(=O)N1CCN(c2ncc(Cl)cc2Cl)CC1. The molecule has 122 valence electrons. The van der Waals surface area contributed by atoms with Crippen molar-refractivity contribution in [3.63, 3.8) is 0 Å². The fourth-order valence-corrected chi connectivity index (χ4v) is 3.01. The van der Waals surface area contributed by atoms with E-state index in [1.54, 1.807) is 17.2 Å². The van der Waals surface area contributed by atoms with Gasteiger partial charge in [0, 0.05) is 32.4 Å². The topological polar surface area (TPSA) is 56.7 Å². The van der Waals surface area contributed by atoms with Gasteiger partial charge >= 0.3 is 0 Å². The van der Waals surface area contributed by atoms with Crippen LogP contribution < -0.4 is 4.90 Å². The van der Waals surface area contributed by atoms with Crippen molar-refractivity contribution in [1.82, 2.24) is 9.88 Å². The Bertz CT molecular complexity index is 520. The molecule has 5 nitrogen and oxygen atoms in total. The fourth-order valence-electron chi connectivity index (χ4n) is 2.51. The van der Waals surface area contributed by atoms with Crippen molar-refractivity contribution < 1.29 is 9.90 Å². The number of halogens is 2. The van der Waals surface area contributed by atoms with Gasteiger partial charge in [-0.2, -0.15) is 0 Å². The quantitative estimate of drug-likeness (QED) is 0.890. The predicted molar refractivity (Wildman–Crippen MR) is 88.6 cm³/mol. The predicted octanol–water partition coefficient (Wildman–Crippen LogP) is 2.59. The molecule has 1 aromatic heterocycles. The molecular weight excluding hydrogens is 325 g/mol. The molecular formula is C15H21Cl2N3O2. The van der Waals surface area contributed by atoms with Gasteiger partial charge in [0.15, 0.2) is 0 Å². The molecule has 1 aliphatic heterocycles. The van der Waals surface area contributed by atoms with Crippen molar-refractivity contribution in [2.75, 3.05) is 31.1 Å². The van der Waals surface area contributed by atoms with Crippen LogP contribution >= 0.6 is 23.2 Å². The average Bonchev–Trinajstić information content (AvgIpc) is 2.52. The second-order valence-corrected chi connectivity index (χ2v) is 6.27. The van der Waals surface area contributed by atoms with E-state index in [0.717, 1.165) is 12.8 Å². The summed E-state index contributed by atoms with van der Waals surface area (Å²) < 4.78 is 0. The standard InChI is InChI=1S/C15H21Cl2N3O2/c1-2-3-4-13(21)15(22)20-7-5-19(6-8-20)14-12(17)9-11(16)10-18-14/h9-10,13,21H,2-8H2,1H3/t13-/m0/s1. The van der Waals surface area contributed by atoms with Gasteiger partial charge in [0.05, 0.1) is 10.0 Å². The first-order valence-electron chi connectivity index (χ1n) is 7.55. The maximum Gasteiger partial charge on any atom is 0.251 e. The minimum Gasteiger partial charge on any atom is -0.383 e. The van der Waals surface area contributed by atoms with Gasteiger partial charge in [0.25, 0.3) is 5.91 Å². The number of unbranched alkanes of at least 4 members (excludes halogenated alkanes) is 1. The number of aliphatic hydroxyl groups is 1. The van der Waals surface area contributed by atoms with E-state index < -0.39 is 6.10 Å². The highest BCUT2D eigenvalue weighted by atomic mass is 35.5. The van der Waals surface area contributed by atoms with Crippen LogP contribution in [-0.4, -0.2) is 53.2 Å². The molecule has 1 aromatic rings. The Balaban J connectivity index is 1.91. The summed E-state index contributed by atoms with van der Waals surface area (Å²) >= 11 is 12.0. The lowest BCUT2D eigenvalue weighted by atomic mass is 10.1. The largest absolute Gasteiger partial charge is 0.383 e. The molecule has 1 N–H and O–H groups in total. The summed E-state index contributed by atoms with van der Waals surface area (Å²) in [6.07, 6.45) is 3.04. The molecule has 1 aliphatic rings. The van der Waals surface area contributed by atoms with Gasteiger partial charge in [0.1, 0.15) is 11.9 Å². The lowest BCUT2D eigenvalue weighted by molar-refractivity contribution is -0.140. The molecule has 0 spiro atoms. The average molecular weight is 346 g/mol. The Labute approximate surface area is 140 Å². The molecule has 22 heavy (non-hydrogen) atoms. The van der Waals surface area contributed by atoms with E-state index in [1.807, 2.05) is 11.8 Å². The Hall–Kier alpha value is -1.04. The molecule has 1 saturated heterocycles. The molecule has 1 atom stereocenters. The number of aliphatic hydroxyl groups excluding tert-OH is 1. The third kappa shape index (κ3) is 4.24. The van der Waals surface area contributed by atoms with Crippen LogP contribution in [0.2, 0.25) is 10.0 Å². The Morgan fingerprint density at radius 1 is 1.36 bits per heavy atom. The van der Waals surface area contributed by atoms with Gasteiger partial charge in [-0.25, -0.2) is 4.98 Å². The number of rotatable bonds is 5. The normalized spacial score (nSPS) is 16.7. The minimum atomic E-state index is -0.885. The summed E-state index contributed by atoms with van der Waals surface area (Å²) in [5, 5.41) is 10.9. The van der Waals surface area contributed by atoms with Gasteiger partial charge in [-0.05, 0) is 12.5 Å². The number of hydrogen-bond acceptors (Lipinski definition) is 4. The molecule has 7 heteroatoms. The highest BCUT2D eigenvalue weighted by molar-refractivity contribution is 6.36. The van der Waals surface area contributed by atoms with Gasteiger partial charge in [0.2, 0.25) is 0 Å². The number of amides is 1. The summed E-state index contributed by atoms with van der Waals surface area (Å²) in [5.41, 5.74) is 0. The Morgan fingerprint density at radius 3 is 2.64 bits per heavy atom. The highest BCUT2D eigenvalue weighted by Gasteiger charge is 2.26. The monoisotopic (exact) mass is 345 g/mol. The lowest BCUT2D eigenvalue weighted by Crippen LogP contribution is -2.51. The van der Waals surface area contributed by atoms with Crippen LogP contribution in [0, 0.1) is 0 Å².